The van der Waals surface area contributed by atoms with E-state index >= 15 is 0 Å². The van der Waals surface area contributed by atoms with Crippen LogP contribution in [0.25, 0.3) is 0 Å². The fraction of sp³-hybridized carbons (Fsp3) is 1.00. The Hall–Kier alpha value is -0.130. The number of sulfonamides is 1. The minimum atomic E-state index is -3.26. The molecule has 0 aromatic rings. The molecule has 1 fully saturated rings. The van der Waals surface area contributed by atoms with E-state index in [0.29, 0.717) is 0 Å². The van der Waals surface area contributed by atoms with Crippen LogP contribution < -0.4 is 4.72 Å². The third kappa shape index (κ3) is 4.39. The maximum absolute atomic E-state index is 11.3. The zero-order valence-electron chi connectivity index (χ0n) is 8.57. The minimum Gasteiger partial charge on any atom is -0.395 e. The predicted octanol–water partition coefficient (Wildman–Crippen LogP) is 0.477. The lowest BCUT2D eigenvalue weighted by Crippen LogP contribution is -2.37. The van der Waals surface area contributed by atoms with Gasteiger partial charge >= 0.3 is 0 Å². The monoisotopic (exact) mass is 221 g/mol. The fourth-order valence-corrected chi connectivity index (χ4v) is 2.62. The van der Waals surface area contributed by atoms with Crippen LogP contribution >= 0.6 is 0 Å². The summed E-state index contributed by atoms with van der Waals surface area (Å²) in [6.45, 7) is 1.67. The number of nitrogens with one attached hydrogen (secondary N) is 1. The van der Waals surface area contributed by atoms with Gasteiger partial charge in [-0.05, 0) is 18.8 Å². The minimum absolute atomic E-state index is 0.0547. The molecule has 1 saturated carbocycles. The standard InChI is InChI=1S/C9H19NO3S/c1-2-9(7-8-3-4-8)10-14(12,13)6-5-11/h8-11H,2-7H2,1H3. The van der Waals surface area contributed by atoms with E-state index in [4.69, 9.17) is 5.11 Å². The second-order valence-electron chi connectivity index (χ2n) is 3.94. The summed E-state index contributed by atoms with van der Waals surface area (Å²) in [4.78, 5) is 0. The number of aliphatic hydroxyl groups is 1. The molecule has 1 rings (SSSR count). The van der Waals surface area contributed by atoms with E-state index in [1.54, 1.807) is 0 Å². The average Bonchev–Trinajstić information content (AvgIpc) is 2.86. The normalized spacial score (nSPS) is 19.6. The molecule has 1 unspecified atom stereocenters. The number of hydrogen-bond donors (Lipinski definition) is 2. The van der Waals surface area contributed by atoms with Crippen LogP contribution in [-0.4, -0.2) is 31.9 Å². The van der Waals surface area contributed by atoms with Crippen molar-refractivity contribution in [2.24, 2.45) is 5.92 Å². The van der Waals surface area contributed by atoms with Crippen LogP contribution in [0.15, 0.2) is 0 Å². The predicted molar refractivity (Wildman–Crippen MR) is 55.4 cm³/mol. The highest BCUT2D eigenvalue weighted by Gasteiger charge is 2.26. The number of rotatable bonds is 7. The van der Waals surface area contributed by atoms with Crippen LogP contribution in [0.3, 0.4) is 0 Å². The van der Waals surface area contributed by atoms with Gasteiger partial charge in [-0.2, -0.15) is 0 Å². The van der Waals surface area contributed by atoms with Gasteiger partial charge in [0.2, 0.25) is 10.0 Å². The molecule has 0 aromatic heterocycles. The third-order valence-corrected chi connectivity index (χ3v) is 3.93. The average molecular weight is 221 g/mol. The van der Waals surface area contributed by atoms with Gasteiger partial charge in [0.25, 0.3) is 0 Å². The van der Waals surface area contributed by atoms with Gasteiger partial charge in [0, 0.05) is 6.04 Å². The van der Waals surface area contributed by atoms with Crippen molar-refractivity contribution in [2.75, 3.05) is 12.4 Å². The zero-order valence-corrected chi connectivity index (χ0v) is 9.39. The highest BCUT2D eigenvalue weighted by atomic mass is 32.2. The highest BCUT2D eigenvalue weighted by molar-refractivity contribution is 7.89. The topological polar surface area (TPSA) is 66.4 Å². The molecule has 0 heterocycles. The quantitative estimate of drug-likeness (QED) is 0.657. The molecule has 5 heteroatoms. The summed E-state index contributed by atoms with van der Waals surface area (Å²) in [7, 11) is -3.26. The molecule has 4 nitrogen and oxygen atoms in total. The highest BCUT2D eigenvalue weighted by Crippen LogP contribution is 2.34. The van der Waals surface area contributed by atoms with Gasteiger partial charge in [-0.3, -0.25) is 0 Å². The van der Waals surface area contributed by atoms with Gasteiger partial charge in [0.05, 0.1) is 12.4 Å². The zero-order chi connectivity index (χ0) is 10.6. The van der Waals surface area contributed by atoms with Gasteiger partial charge in [-0.1, -0.05) is 19.8 Å². The lowest BCUT2D eigenvalue weighted by molar-refractivity contribution is 0.318. The molecule has 0 bridgehead atoms. The first-order valence-electron chi connectivity index (χ1n) is 5.18. The van der Waals surface area contributed by atoms with Gasteiger partial charge in [0.15, 0.2) is 0 Å². The van der Waals surface area contributed by atoms with Crippen molar-refractivity contribution >= 4 is 10.0 Å². The molecule has 0 aromatic carbocycles. The van der Waals surface area contributed by atoms with E-state index in [-0.39, 0.29) is 18.4 Å². The second kappa shape index (κ2) is 5.09. The summed E-state index contributed by atoms with van der Waals surface area (Å²) >= 11 is 0. The van der Waals surface area contributed by atoms with Crippen molar-refractivity contribution in [3.63, 3.8) is 0 Å². The lowest BCUT2D eigenvalue weighted by atomic mass is 10.1. The van der Waals surface area contributed by atoms with E-state index < -0.39 is 10.0 Å². The molecule has 0 spiro atoms. The van der Waals surface area contributed by atoms with E-state index in [1.807, 2.05) is 6.92 Å². The smallest absolute Gasteiger partial charge is 0.214 e. The number of hydrogen-bond acceptors (Lipinski definition) is 3. The molecule has 0 radical (unpaired) electrons. The summed E-state index contributed by atoms with van der Waals surface area (Å²) in [5.74, 6) is 0.533. The van der Waals surface area contributed by atoms with E-state index in [9.17, 15) is 8.42 Å². The second-order valence-corrected chi connectivity index (χ2v) is 5.82. The molecular formula is C9H19NO3S. The van der Waals surface area contributed by atoms with Crippen molar-refractivity contribution in [1.29, 1.82) is 0 Å². The third-order valence-electron chi connectivity index (χ3n) is 2.51. The van der Waals surface area contributed by atoms with Gasteiger partial charge < -0.3 is 5.11 Å². The Morgan fingerprint density at radius 1 is 1.50 bits per heavy atom. The van der Waals surface area contributed by atoms with Crippen LogP contribution in [0, 0.1) is 5.92 Å². The summed E-state index contributed by atoms with van der Waals surface area (Å²) < 4.78 is 25.3. The van der Waals surface area contributed by atoms with Crippen LogP contribution in [0.4, 0.5) is 0 Å². The first kappa shape index (κ1) is 11.9. The Morgan fingerprint density at radius 2 is 2.14 bits per heavy atom. The van der Waals surface area contributed by atoms with Gasteiger partial charge in [-0.15, -0.1) is 0 Å². The molecule has 2 N–H and O–H groups in total. The fourth-order valence-electron chi connectivity index (χ4n) is 1.49. The summed E-state index contributed by atoms with van der Waals surface area (Å²) in [5.41, 5.74) is 0. The summed E-state index contributed by atoms with van der Waals surface area (Å²) in [5, 5.41) is 8.56. The molecule has 1 atom stereocenters. The van der Waals surface area contributed by atoms with Crippen molar-refractivity contribution in [3.05, 3.63) is 0 Å². The van der Waals surface area contributed by atoms with Crippen molar-refractivity contribution < 1.29 is 13.5 Å². The Labute approximate surface area is 85.8 Å². The Bertz CT molecular complexity index is 259. The van der Waals surface area contributed by atoms with Gasteiger partial charge in [-0.25, -0.2) is 13.1 Å². The van der Waals surface area contributed by atoms with E-state index in [0.717, 1.165) is 18.8 Å². The Balaban J connectivity index is 2.37. The lowest BCUT2D eigenvalue weighted by Gasteiger charge is -2.16. The Morgan fingerprint density at radius 3 is 2.57 bits per heavy atom. The molecule has 0 amide bonds. The largest absolute Gasteiger partial charge is 0.395 e. The van der Waals surface area contributed by atoms with Crippen LogP contribution in [-0.2, 0) is 10.0 Å². The molecule has 14 heavy (non-hydrogen) atoms. The van der Waals surface area contributed by atoms with Crippen molar-refractivity contribution in [3.8, 4) is 0 Å². The first-order valence-corrected chi connectivity index (χ1v) is 6.83. The van der Waals surface area contributed by atoms with Crippen LogP contribution in [0.2, 0.25) is 0 Å². The molecule has 0 aliphatic heterocycles. The maximum atomic E-state index is 11.3. The molecule has 1 aliphatic rings. The molecule has 84 valence electrons. The maximum Gasteiger partial charge on any atom is 0.214 e. The molecule has 0 saturated heterocycles. The van der Waals surface area contributed by atoms with E-state index in [1.165, 1.54) is 12.8 Å². The SMILES string of the molecule is CCC(CC1CC1)NS(=O)(=O)CCO. The molecular weight excluding hydrogens is 202 g/mol. The van der Waals surface area contributed by atoms with Crippen molar-refractivity contribution in [2.45, 2.75) is 38.6 Å². The van der Waals surface area contributed by atoms with Crippen LogP contribution in [0.5, 0.6) is 0 Å². The van der Waals surface area contributed by atoms with E-state index in [2.05, 4.69) is 4.72 Å². The van der Waals surface area contributed by atoms with Gasteiger partial charge in [0.1, 0.15) is 0 Å². The summed E-state index contributed by atoms with van der Waals surface area (Å²) in [6, 6.07) is 0.0547. The first-order chi connectivity index (χ1) is 6.57. The number of aliphatic hydroxyl groups excluding tert-OH is 1. The Kier molecular flexibility index (Phi) is 4.34. The summed E-state index contributed by atoms with van der Waals surface area (Å²) in [6.07, 6.45) is 4.23. The molecule has 1 aliphatic carbocycles. The van der Waals surface area contributed by atoms with Crippen molar-refractivity contribution in [1.82, 2.24) is 4.72 Å². The van der Waals surface area contributed by atoms with Crippen LogP contribution in [0.1, 0.15) is 32.6 Å².